The number of hydrogen-bond acceptors (Lipinski definition) is 4. The van der Waals surface area contributed by atoms with Gasteiger partial charge in [0.15, 0.2) is 5.78 Å². The average Bonchev–Trinajstić information content (AvgIpc) is 2.73. The number of aryl methyl sites for hydroxylation is 1. The van der Waals surface area contributed by atoms with E-state index in [2.05, 4.69) is 47.8 Å². The monoisotopic (exact) mass is 386 g/mol. The molecule has 0 saturated heterocycles. The number of carbonyl (C=O) groups is 1. The van der Waals surface area contributed by atoms with E-state index in [1.54, 1.807) is 11.8 Å². The average molecular weight is 387 g/mol. The summed E-state index contributed by atoms with van der Waals surface area (Å²) in [5, 5.41) is 14.4. The van der Waals surface area contributed by atoms with Gasteiger partial charge in [-0.25, -0.2) is 0 Å². The predicted molar refractivity (Wildman–Crippen MR) is 113 cm³/mol. The summed E-state index contributed by atoms with van der Waals surface area (Å²) >= 11 is 1.64. The van der Waals surface area contributed by atoms with Crippen molar-refractivity contribution >= 4 is 17.5 Å². The molecule has 4 heteroatoms. The third-order valence-corrected chi connectivity index (χ3v) is 6.39. The maximum atomic E-state index is 12.8. The Labute approximate surface area is 170 Å². The van der Waals surface area contributed by atoms with Crippen LogP contribution in [0.15, 0.2) is 76.5 Å². The van der Waals surface area contributed by atoms with Crippen molar-refractivity contribution in [1.82, 2.24) is 5.32 Å². The fourth-order valence-corrected chi connectivity index (χ4v) is 4.88. The fraction of sp³-hybridized carbons (Fsp3) is 0.250. The molecule has 1 heterocycles. The smallest absolute Gasteiger partial charge is 0.161 e. The highest BCUT2D eigenvalue weighted by Crippen LogP contribution is 2.44. The number of ketones is 1. The van der Waals surface area contributed by atoms with E-state index in [0.29, 0.717) is 12.0 Å². The van der Waals surface area contributed by atoms with Gasteiger partial charge in [-0.1, -0.05) is 60.2 Å². The van der Waals surface area contributed by atoms with Crippen molar-refractivity contribution in [2.75, 3.05) is 0 Å². The van der Waals surface area contributed by atoms with Crippen molar-refractivity contribution in [2.45, 2.75) is 37.9 Å². The van der Waals surface area contributed by atoms with Crippen molar-refractivity contribution < 1.29 is 4.79 Å². The third-order valence-electron chi connectivity index (χ3n) is 5.30. The number of nitrogens with zero attached hydrogens (tertiary/aromatic N) is 1. The van der Waals surface area contributed by atoms with Crippen LogP contribution in [0.25, 0.3) is 0 Å². The molecular formula is C24H22N2OS. The van der Waals surface area contributed by atoms with Crippen LogP contribution in [0, 0.1) is 18.3 Å². The highest BCUT2D eigenvalue weighted by Gasteiger charge is 2.36. The van der Waals surface area contributed by atoms with Gasteiger partial charge < -0.3 is 5.32 Å². The van der Waals surface area contributed by atoms with Crippen LogP contribution in [0.4, 0.5) is 0 Å². The summed E-state index contributed by atoms with van der Waals surface area (Å²) in [6, 6.07) is 20.9. The highest BCUT2D eigenvalue weighted by atomic mass is 32.2. The lowest BCUT2D eigenvalue weighted by Gasteiger charge is -2.33. The molecule has 0 saturated carbocycles. The molecule has 0 spiro atoms. The Hall–Kier alpha value is -2.77. The van der Waals surface area contributed by atoms with Crippen molar-refractivity contribution in [1.29, 1.82) is 5.26 Å². The molecule has 1 atom stereocenters. The summed E-state index contributed by atoms with van der Waals surface area (Å²) in [4.78, 5) is 12.8. The quantitative estimate of drug-likeness (QED) is 0.769. The number of hydrogen-bond donors (Lipinski definition) is 1. The minimum Gasteiger partial charge on any atom is -0.352 e. The molecule has 1 N–H and O–H groups in total. The Kier molecular flexibility index (Phi) is 5.36. The molecule has 28 heavy (non-hydrogen) atoms. The molecule has 0 bridgehead atoms. The van der Waals surface area contributed by atoms with E-state index < -0.39 is 0 Å². The lowest BCUT2D eigenvalue weighted by Crippen LogP contribution is -2.31. The summed E-state index contributed by atoms with van der Waals surface area (Å²) in [7, 11) is 0. The number of Topliss-reactive ketones (excluding diaryl/α,β-unsaturated/α-hetero) is 1. The van der Waals surface area contributed by atoms with Crippen molar-refractivity contribution in [3.63, 3.8) is 0 Å². The molecule has 2 aromatic rings. The zero-order valence-corrected chi connectivity index (χ0v) is 16.7. The molecular weight excluding hydrogens is 364 g/mol. The number of allylic oxidation sites excluding steroid dienone is 3. The minimum absolute atomic E-state index is 0.166. The first kappa shape index (κ1) is 18.6. The maximum absolute atomic E-state index is 12.8. The van der Waals surface area contributed by atoms with Gasteiger partial charge in [-0.2, -0.15) is 5.26 Å². The predicted octanol–water partition coefficient (Wildman–Crippen LogP) is 5.36. The molecule has 0 radical (unpaired) electrons. The Morgan fingerprint density at radius 1 is 1.11 bits per heavy atom. The molecule has 0 fully saturated rings. The molecule has 1 aliphatic carbocycles. The second-order valence-electron chi connectivity index (χ2n) is 7.27. The summed E-state index contributed by atoms with van der Waals surface area (Å²) in [6.07, 6.45) is 2.29. The Morgan fingerprint density at radius 3 is 2.57 bits per heavy atom. The van der Waals surface area contributed by atoms with Crippen LogP contribution in [0.5, 0.6) is 0 Å². The summed E-state index contributed by atoms with van der Waals surface area (Å²) in [5.41, 5.74) is 5.84. The van der Waals surface area contributed by atoms with E-state index in [1.807, 2.05) is 25.1 Å². The van der Waals surface area contributed by atoms with Crippen molar-refractivity contribution in [3.8, 4) is 6.07 Å². The van der Waals surface area contributed by atoms with Gasteiger partial charge in [-0.05, 0) is 30.9 Å². The lowest BCUT2D eigenvalue weighted by molar-refractivity contribution is -0.116. The van der Waals surface area contributed by atoms with Crippen LogP contribution >= 0.6 is 11.8 Å². The number of nitrogens with one attached hydrogen (secondary N) is 1. The maximum Gasteiger partial charge on any atom is 0.161 e. The number of carbonyl (C=O) groups excluding carboxylic acids is 1. The van der Waals surface area contributed by atoms with Gasteiger partial charge in [-0.3, -0.25) is 4.79 Å². The number of nitriles is 1. The van der Waals surface area contributed by atoms with E-state index in [4.69, 9.17) is 0 Å². The Balaban J connectivity index is 1.75. The molecule has 140 valence electrons. The van der Waals surface area contributed by atoms with Crippen molar-refractivity contribution in [2.24, 2.45) is 0 Å². The molecule has 4 rings (SSSR count). The van der Waals surface area contributed by atoms with E-state index in [-0.39, 0.29) is 11.7 Å². The third kappa shape index (κ3) is 3.63. The number of benzene rings is 2. The van der Waals surface area contributed by atoms with Crippen LogP contribution in [-0.4, -0.2) is 5.78 Å². The van der Waals surface area contributed by atoms with E-state index in [1.165, 1.54) is 11.1 Å². The van der Waals surface area contributed by atoms with E-state index in [0.717, 1.165) is 40.5 Å². The molecule has 2 aliphatic rings. The van der Waals surface area contributed by atoms with Gasteiger partial charge in [0.1, 0.15) is 0 Å². The van der Waals surface area contributed by atoms with E-state index in [9.17, 15) is 10.1 Å². The van der Waals surface area contributed by atoms with Crippen LogP contribution in [0.1, 0.15) is 41.9 Å². The van der Waals surface area contributed by atoms with Crippen LogP contribution in [0.3, 0.4) is 0 Å². The fourth-order valence-electron chi connectivity index (χ4n) is 3.86. The Bertz CT molecular complexity index is 997. The molecule has 0 aromatic heterocycles. The number of rotatable bonds is 4. The highest BCUT2D eigenvalue weighted by molar-refractivity contribution is 8.02. The second-order valence-corrected chi connectivity index (χ2v) is 8.25. The SMILES string of the molecule is Cc1ccc([C@H]2C(C#N)=C(SCc3ccccc3)NC3=C2C(=O)CCC3)cc1. The first-order valence-electron chi connectivity index (χ1n) is 9.58. The first-order chi connectivity index (χ1) is 13.7. The van der Waals surface area contributed by atoms with Gasteiger partial charge in [0.05, 0.1) is 22.6 Å². The van der Waals surface area contributed by atoms with Crippen molar-refractivity contribution in [3.05, 3.63) is 93.2 Å². The van der Waals surface area contributed by atoms with Crippen LogP contribution < -0.4 is 5.32 Å². The van der Waals surface area contributed by atoms with Gasteiger partial charge in [0.25, 0.3) is 0 Å². The van der Waals surface area contributed by atoms with E-state index >= 15 is 0 Å². The first-order valence-corrected chi connectivity index (χ1v) is 10.6. The molecule has 0 unspecified atom stereocenters. The molecule has 2 aromatic carbocycles. The minimum atomic E-state index is -0.270. The van der Waals surface area contributed by atoms with Gasteiger partial charge in [0.2, 0.25) is 0 Å². The zero-order valence-electron chi connectivity index (χ0n) is 15.9. The summed E-state index contributed by atoms with van der Waals surface area (Å²) in [6.45, 7) is 2.05. The summed E-state index contributed by atoms with van der Waals surface area (Å²) in [5.74, 6) is 0.679. The van der Waals surface area contributed by atoms with Crippen LogP contribution in [0.2, 0.25) is 0 Å². The molecule has 1 aliphatic heterocycles. The topological polar surface area (TPSA) is 52.9 Å². The van der Waals surface area contributed by atoms with Gasteiger partial charge in [0, 0.05) is 23.4 Å². The number of thioether (sulfide) groups is 1. The number of dihydropyridines is 1. The summed E-state index contributed by atoms with van der Waals surface area (Å²) < 4.78 is 0. The Morgan fingerprint density at radius 2 is 1.86 bits per heavy atom. The van der Waals surface area contributed by atoms with Crippen LogP contribution in [-0.2, 0) is 10.5 Å². The lowest BCUT2D eigenvalue weighted by atomic mass is 9.77. The molecule has 3 nitrogen and oxygen atoms in total. The largest absolute Gasteiger partial charge is 0.352 e. The standard InChI is InChI=1S/C24H22N2OS/c1-16-10-12-18(13-11-16)22-19(14-25)24(28-15-17-6-3-2-4-7-17)26-20-8-5-9-21(27)23(20)22/h2-4,6-7,10-13,22,26H,5,8-9,15H2,1H3/t22-/m0/s1. The van der Waals surface area contributed by atoms with Gasteiger partial charge in [-0.15, -0.1) is 11.8 Å². The zero-order chi connectivity index (χ0) is 19.5. The van der Waals surface area contributed by atoms with Gasteiger partial charge >= 0.3 is 0 Å². The second kappa shape index (κ2) is 8.08. The molecule has 0 amide bonds. The normalized spacial score (nSPS) is 19.1.